The summed E-state index contributed by atoms with van der Waals surface area (Å²) in [6.07, 6.45) is 0.709. The van der Waals surface area contributed by atoms with Crippen LogP contribution in [0.5, 0.6) is 0 Å². The van der Waals surface area contributed by atoms with Crippen molar-refractivity contribution in [3.05, 3.63) is 0 Å². The van der Waals surface area contributed by atoms with Crippen LogP contribution in [-0.4, -0.2) is 24.8 Å². The lowest BCUT2D eigenvalue weighted by molar-refractivity contribution is 0.204. The summed E-state index contributed by atoms with van der Waals surface area (Å²) in [5.74, 6) is 0.162. The van der Waals surface area contributed by atoms with E-state index >= 15 is 0 Å². The maximum Gasteiger partial charge on any atom is 0.267 e. The maximum atomic E-state index is 11.0. The van der Waals surface area contributed by atoms with E-state index in [4.69, 9.17) is 10.3 Å². The van der Waals surface area contributed by atoms with Gasteiger partial charge in [0.15, 0.2) is 0 Å². The molecule has 3 atom stereocenters. The molecule has 3 unspecified atom stereocenters. The molecular formula is C11H25NO3S. The Balaban J connectivity index is 4.61. The first-order chi connectivity index (χ1) is 7.00. The van der Waals surface area contributed by atoms with Gasteiger partial charge in [0.05, 0.1) is 5.25 Å². The molecule has 0 fully saturated rings. The fourth-order valence-electron chi connectivity index (χ4n) is 1.74. The zero-order chi connectivity index (χ0) is 13.1. The van der Waals surface area contributed by atoms with E-state index in [1.54, 1.807) is 0 Å². The first-order valence-corrected chi connectivity index (χ1v) is 7.16. The van der Waals surface area contributed by atoms with Gasteiger partial charge in [0, 0.05) is 0 Å². The van der Waals surface area contributed by atoms with Gasteiger partial charge in [-0.2, -0.15) is 8.42 Å². The van der Waals surface area contributed by atoms with Gasteiger partial charge in [-0.25, -0.2) is 0 Å². The van der Waals surface area contributed by atoms with Crippen molar-refractivity contribution >= 4 is 10.1 Å². The van der Waals surface area contributed by atoms with Gasteiger partial charge >= 0.3 is 0 Å². The second-order valence-electron chi connectivity index (χ2n) is 5.73. The Kier molecular flexibility index (Phi) is 5.42. The zero-order valence-corrected chi connectivity index (χ0v) is 11.7. The summed E-state index contributed by atoms with van der Waals surface area (Å²) >= 11 is 0. The lowest BCUT2D eigenvalue weighted by Gasteiger charge is -2.32. The van der Waals surface area contributed by atoms with Gasteiger partial charge in [-0.3, -0.25) is 4.55 Å². The highest BCUT2D eigenvalue weighted by Gasteiger charge is 2.30. The van der Waals surface area contributed by atoms with Crippen molar-refractivity contribution in [2.75, 3.05) is 6.54 Å². The van der Waals surface area contributed by atoms with Crippen molar-refractivity contribution in [2.24, 2.45) is 23.0 Å². The van der Waals surface area contributed by atoms with Gasteiger partial charge < -0.3 is 5.73 Å². The van der Waals surface area contributed by atoms with Gasteiger partial charge in [-0.15, -0.1) is 0 Å². The molecule has 0 amide bonds. The van der Waals surface area contributed by atoms with Crippen LogP contribution in [0, 0.1) is 17.3 Å². The molecule has 0 rings (SSSR count). The van der Waals surface area contributed by atoms with Gasteiger partial charge in [0.25, 0.3) is 10.1 Å². The molecule has 3 N–H and O–H groups in total. The molecule has 0 saturated carbocycles. The average Bonchev–Trinajstić information content (AvgIpc) is 2.08. The summed E-state index contributed by atoms with van der Waals surface area (Å²) in [6, 6.07) is 0. The van der Waals surface area contributed by atoms with Crippen LogP contribution in [0.3, 0.4) is 0 Å². The maximum absolute atomic E-state index is 11.0. The Labute approximate surface area is 99.4 Å². The Morgan fingerprint density at radius 2 is 1.69 bits per heavy atom. The standard InChI is InChI=1S/C11H25NO3S/c1-8(9(2)16(13,14)15)6-10(7-12)11(3,4)5/h8-10H,6-7,12H2,1-5H3,(H,13,14,15). The molecule has 0 aliphatic carbocycles. The molecule has 0 aromatic heterocycles. The van der Waals surface area contributed by atoms with Crippen LogP contribution < -0.4 is 5.73 Å². The molecule has 4 nitrogen and oxygen atoms in total. The predicted molar refractivity (Wildman–Crippen MR) is 66.8 cm³/mol. The molecule has 0 aliphatic heterocycles. The lowest BCUT2D eigenvalue weighted by Crippen LogP contribution is -2.33. The first kappa shape index (κ1) is 15.9. The van der Waals surface area contributed by atoms with E-state index in [1.807, 2.05) is 6.92 Å². The van der Waals surface area contributed by atoms with Crippen molar-refractivity contribution in [2.45, 2.75) is 46.3 Å². The van der Waals surface area contributed by atoms with Crippen LogP contribution in [0.1, 0.15) is 41.0 Å². The van der Waals surface area contributed by atoms with E-state index in [0.29, 0.717) is 13.0 Å². The molecule has 5 heteroatoms. The van der Waals surface area contributed by atoms with Crippen molar-refractivity contribution in [3.63, 3.8) is 0 Å². The molecule has 0 aromatic carbocycles. The minimum absolute atomic E-state index is 0.0575. The molecule has 0 saturated heterocycles. The monoisotopic (exact) mass is 251 g/mol. The zero-order valence-electron chi connectivity index (χ0n) is 10.9. The van der Waals surface area contributed by atoms with Gasteiger partial charge in [-0.05, 0) is 37.1 Å². The number of hydrogen-bond acceptors (Lipinski definition) is 3. The van der Waals surface area contributed by atoms with Crippen molar-refractivity contribution in [1.82, 2.24) is 0 Å². The highest BCUT2D eigenvalue weighted by atomic mass is 32.2. The quantitative estimate of drug-likeness (QED) is 0.731. The molecule has 16 heavy (non-hydrogen) atoms. The minimum atomic E-state index is -3.94. The molecule has 0 bridgehead atoms. The van der Waals surface area contributed by atoms with Crippen LogP contribution in [0.4, 0.5) is 0 Å². The summed E-state index contributed by atoms with van der Waals surface area (Å²) in [7, 11) is -3.94. The second-order valence-corrected chi connectivity index (χ2v) is 7.51. The van der Waals surface area contributed by atoms with Crippen LogP contribution in [0.15, 0.2) is 0 Å². The second kappa shape index (κ2) is 5.47. The molecule has 0 aromatic rings. The van der Waals surface area contributed by atoms with Crippen molar-refractivity contribution in [3.8, 4) is 0 Å². The SMILES string of the molecule is CC(CC(CN)C(C)(C)C)C(C)S(=O)(=O)O. The van der Waals surface area contributed by atoms with Crippen LogP contribution in [-0.2, 0) is 10.1 Å². The third-order valence-electron chi connectivity index (χ3n) is 3.44. The summed E-state index contributed by atoms with van der Waals surface area (Å²) in [5, 5.41) is -0.733. The van der Waals surface area contributed by atoms with Gasteiger partial charge in [0.1, 0.15) is 0 Å². The number of hydrogen-bond donors (Lipinski definition) is 2. The summed E-state index contributed by atoms with van der Waals surface area (Å²) in [4.78, 5) is 0. The minimum Gasteiger partial charge on any atom is -0.330 e. The van der Waals surface area contributed by atoms with Crippen molar-refractivity contribution in [1.29, 1.82) is 0 Å². The Hall–Kier alpha value is -0.130. The molecule has 0 heterocycles. The fraction of sp³-hybridized carbons (Fsp3) is 1.00. The van der Waals surface area contributed by atoms with E-state index in [2.05, 4.69) is 20.8 Å². The van der Waals surface area contributed by atoms with E-state index < -0.39 is 15.4 Å². The Bertz CT molecular complexity index is 306. The fourth-order valence-corrected chi connectivity index (χ4v) is 2.44. The van der Waals surface area contributed by atoms with Crippen LogP contribution in [0.2, 0.25) is 0 Å². The molecule has 0 radical (unpaired) electrons. The van der Waals surface area contributed by atoms with E-state index in [-0.39, 0.29) is 17.3 Å². The lowest BCUT2D eigenvalue weighted by atomic mass is 9.75. The summed E-state index contributed by atoms with van der Waals surface area (Å²) < 4.78 is 31.0. The normalized spacial score (nSPS) is 19.2. The van der Waals surface area contributed by atoms with Crippen LogP contribution >= 0.6 is 0 Å². The Morgan fingerprint density at radius 3 is 1.94 bits per heavy atom. The molecular weight excluding hydrogens is 226 g/mol. The number of rotatable bonds is 5. The highest BCUT2D eigenvalue weighted by Crippen LogP contribution is 2.32. The van der Waals surface area contributed by atoms with Gasteiger partial charge in [0.2, 0.25) is 0 Å². The summed E-state index contributed by atoms with van der Waals surface area (Å²) in [5.41, 5.74) is 5.76. The molecule has 98 valence electrons. The predicted octanol–water partition coefficient (Wildman–Crippen LogP) is 1.91. The first-order valence-electron chi connectivity index (χ1n) is 5.66. The molecule has 0 spiro atoms. The smallest absolute Gasteiger partial charge is 0.267 e. The summed E-state index contributed by atoms with van der Waals surface area (Å²) in [6.45, 7) is 10.2. The van der Waals surface area contributed by atoms with E-state index in [9.17, 15) is 8.42 Å². The average molecular weight is 251 g/mol. The molecule has 0 aliphatic rings. The highest BCUT2D eigenvalue weighted by molar-refractivity contribution is 7.86. The van der Waals surface area contributed by atoms with Crippen LogP contribution in [0.25, 0.3) is 0 Å². The largest absolute Gasteiger partial charge is 0.330 e. The number of nitrogens with two attached hydrogens (primary N) is 1. The third kappa shape index (κ3) is 4.80. The topological polar surface area (TPSA) is 80.4 Å². The Morgan fingerprint density at radius 1 is 1.25 bits per heavy atom. The third-order valence-corrected chi connectivity index (χ3v) is 4.84. The van der Waals surface area contributed by atoms with Gasteiger partial charge in [-0.1, -0.05) is 27.7 Å². The van der Waals surface area contributed by atoms with Crippen molar-refractivity contribution < 1.29 is 13.0 Å². The van der Waals surface area contributed by atoms with E-state index in [0.717, 1.165) is 0 Å². The van der Waals surface area contributed by atoms with E-state index in [1.165, 1.54) is 6.92 Å².